The Morgan fingerprint density at radius 1 is 1.04 bits per heavy atom. The van der Waals surface area contributed by atoms with E-state index in [1.807, 2.05) is 24.3 Å². The number of hydrogen-bond donors (Lipinski definition) is 3. The maximum Gasteiger partial charge on any atom is 0.325 e. The van der Waals surface area contributed by atoms with Crippen LogP contribution >= 0.6 is 11.6 Å². The smallest absolute Gasteiger partial charge is 0.325 e. The van der Waals surface area contributed by atoms with E-state index in [4.69, 9.17) is 16.3 Å². The predicted octanol–water partition coefficient (Wildman–Crippen LogP) is 3.98. The lowest BCUT2D eigenvalue weighted by Gasteiger charge is -2.22. The van der Waals surface area contributed by atoms with Crippen LogP contribution in [-0.2, 0) is 4.79 Å². The Hall–Kier alpha value is -2.57. The van der Waals surface area contributed by atoms with Gasteiger partial charge in [-0.05, 0) is 47.9 Å². The molecule has 144 valence electrons. The normalized spacial score (nSPS) is 11.7. The average molecular weight is 390 g/mol. The molecule has 0 spiro atoms. The van der Waals surface area contributed by atoms with Crippen LogP contribution in [0.3, 0.4) is 0 Å². The Bertz CT molecular complexity index is 761. The van der Waals surface area contributed by atoms with Gasteiger partial charge in [0.15, 0.2) is 0 Å². The molecule has 2 aromatic rings. The van der Waals surface area contributed by atoms with Crippen molar-refractivity contribution in [1.29, 1.82) is 0 Å². The number of nitrogens with one attached hydrogen (secondary N) is 3. The van der Waals surface area contributed by atoms with Crippen LogP contribution in [0.25, 0.3) is 0 Å². The number of urea groups is 1. The zero-order chi connectivity index (χ0) is 19.8. The van der Waals surface area contributed by atoms with Gasteiger partial charge in [0.05, 0.1) is 13.7 Å². The first-order valence-electron chi connectivity index (χ1n) is 8.62. The number of anilines is 1. The Kier molecular flexibility index (Phi) is 7.64. The van der Waals surface area contributed by atoms with E-state index in [1.165, 1.54) is 0 Å². The summed E-state index contributed by atoms with van der Waals surface area (Å²) in [4.78, 5) is 24.0. The zero-order valence-corrected chi connectivity index (χ0v) is 16.3. The number of imide groups is 1. The molecule has 3 amide bonds. The highest BCUT2D eigenvalue weighted by atomic mass is 35.5. The number of halogens is 1. The predicted molar refractivity (Wildman–Crippen MR) is 107 cm³/mol. The standard InChI is InChI=1S/C20H24ClN3O3/c1-13(2)19(14-4-6-15(21)7-5-14)22-12-18(25)24-20(26)23-16-8-10-17(27-3)11-9-16/h4-11,13,19,22H,12H2,1-3H3,(H2,23,24,25,26). The Morgan fingerprint density at radius 3 is 2.22 bits per heavy atom. The first kappa shape index (κ1) is 20.7. The Labute approximate surface area is 164 Å². The first-order valence-corrected chi connectivity index (χ1v) is 9.00. The molecule has 6 nitrogen and oxygen atoms in total. The fraction of sp³-hybridized carbons (Fsp3) is 0.300. The monoisotopic (exact) mass is 389 g/mol. The van der Waals surface area contributed by atoms with Gasteiger partial charge in [-0.25, -0.2) is 4.79 Å². The van der Waals surface area contributed by atoms with Gasteiger partial charge >= 0.3 is 6.03 Å². The third kappa shape index (κ3) is 6.58. The Balaban J connectivity index is 1.85. The molecule has 0 aliphatic rings. The van der Waals surface area contributed by atoms with Gasteiger partial charge < -0.3 is 15.4 Å². The number of rotatable bonds is 7. The minimum atomic E-state index is -0.584. The molecule has 0 saturated carbocycles. The molecule has 2 aromatic carbocycles. The van der Waals surface area contributed by atoms with Crippen LogP contribution in [-0.4, -0.2) is 25.6 Å². The van der Waals surface area contributed by atoms with Crippen molar-refractivity contribution in [3.05, 3.63) is 59.1 Å². The lowest BCUT2D eigenvalue weighted by atomic mass is 9.96. The largest absolute Gasteiger partial charge is 0.497 e. The zero-order valence-electron chi connectivity index (χ0n) is 15.6. The highest BCUT2D eigenvalue weighted by Gasteiger charge is 2.17. The summed E-state index contributed by atoms with van der Waals surface area (Å²) < 4.78 is 5.06. The van der Waals surface area contributed by atoms with E-state index in [0.717, 1.165) is 5.56 Å². The van der Waals surface area contributed by atoms with E-state index in [0.29, 0.717) is 16.5 Å². The van der Waals surface area contributed by atoms with E-state index in [-0.39, 0.29) is 18.5 Å². The molecule has 0 bridgehead atoms. The number of methoxy groups -OCH3 is 1. The van der Waals surface area contributed by atoms with Gasteiger partial charge in [-0.3, -0.25) is 10.1 Å². The molecule has 0 aliphatic heterocycles. The molecule has 1 atom stereocenters. The van der Waals surface area contributed by atoms with Crippen LogP contribution in [0.2, 0.25) is 5.02 Å². The van der Waals surface area contributed by atoms with Crippen LogP contribution in [0.5, 0.6) is 5.75 Å². The van der Waals surface area contributed by atoms with Crippen LogP contribution in [0.15, 0.2) is 48.5 Å². The SMILES string of the molecule is COc1ccc(NC(=O)NC(=O)CNC(c2ccc(Cl)cc2)C(C)C)cc1. The summed E-state index contributed by atoms with van der Waals surface area (Å²) in [5.41, 5.74) is 1.60. The number of ether oxygens (including phenoxy) is 1. The second kappa shape index (κ2) is 9.94. The molecule has 7 heteroatoms. The maximum atomic E-state index is 12.1. The average Bonchev–Trinajstić information content (AvgIpc) is 2.63. The number of amides is 3. The molecule has 27 heavy (non-hydrogen) atoms. The summed E-state index contributed by atoms with van der Waals surface area (Å²) in [6.45, 7) is 4.13. The third-order valence-corrected chi connectivity index (χ3v) is 4.23. The van der Waals surface area contributed by atoms with Crippen LogP contribution in [0.4, 0.5) is 10.5 Å². The van der Waals surface area contributed by atoms with Gasteiger partial charge in [-0.2, -0.15) is 0 Å². The number of benzene rings is 2. The lowest BCUT2D eigenvalue weighted by molar-refractivity contribution is -0.119. The van der Waals surface area contributed by atoms with Gasteiger partial charge in [-0.1, -0.05) is 37.6 Å². The molecule has 0 radical (unpaired) electrons. The molecular weight excluding hydrogens is 366 g/mol. The van der Waals surface area contributed by atoms with Crippen molar-refractivity contribution >= 4 is 29.2 Å². The summed E-state index contributed by atoms with van der Waals surface area (Å²) in [5, 5.41) is 8.76. The summed E-state index contributed by atoms with van der Waals surface area (Å²) in [7, 11) is 1.56. The molecule has 0 saturated heterocycles. The third-order valence-electron chi connectivity index (χ3n) is 3.98. The topological polar surface area (TPSA) is 79.5 Å². The van der Waals surface area contributed by atoms with Crippen molar-refractivity contribution < 1.29 is 14.3 Å². The van der Waals surface area contributed by atoms with Crippen molar-refractivity contribution in [3.8, 4) is 5.75 Å². The summed E-state index contributed by atoms with van der Waals surface area (Å²) in [6.07, 6.45) is 0. The molecule has 0 aliphatic carbocycles. The van der Waals surface area contributed by atoms with Gasteiger partial charge in [-0.15, -0.1) is 0 Å². The number of carbonyl (C=O) groups is 2. The van der Waals surface area contributed by atoms with Crippen LogP contribution in [0, 0.1) is 5.92 Å². The molecule has 3 N–H and O–H groups in total. The van der Waals surface area contributed by atoms with Crippen molar-refractivity contribution in [2.75, 3.05) is 19.0 Å². The first-order chi connectivity index (χ1) is 12.9. The minimum absolute atomic E-state index is 0.0154. The number of carbonyl (C=O) groups excluding carboxylic acids is 2. The highest BCUT2D eigenvalue weighted by Crippen LogP contribution is 2.23. The second-order valence-corrected chi connectivity index (χ2v) is 6.82. The fourth-order valence-electron chi connectivity index (χ4n) is 2.62. The quantitative estimate of drug-likeness (QED) is 0.669. The fourth-order valence-corrected chi connectivity index (χ4v) is 2.74. The van der Waals surface area contributed by atoms with Crippen molar-refractivity contribution in [2.45, 2.75) is 19.9 Å². The van der Waals surface area contributed by atoms with Gasteiger partial charge in [0.1, 0.15) is 5.75 Å². The van der Waals surface area contributed by atoms with Gasteiger partial charge in [0, 0.05) is 16.8 Å². The van der Waals surface area contributed by atoms with E-state index in [9.17, 15) is 9.59 Å². The van der Waals surface area contributed by atoms with Crippen LogP contribution in [0.1, 0.15) is 25.5 Å². The van der Waals surface area contributed by atoms with Crippen molar-refractivity contribution in [1.82, 2.24) is 10.6 Å². The Morgan fingerprint density at radius 2 is 1.67 bits per heavy atom. The van der Waals surface area contributed by atoms with E-state index >= 15 is 0 Å². The molecule has 1 unspecified atom stereocenters. The van der Waals surface area contributed by atoms with Crippen molar-refractivity contribution in [3.63, 3.8) is 0 Å². The summed E-state index contributed by atoms with van der Waals surface area (Å²) in [6, 6.07) is 13.7. The van der Waals surface area contributed by atoms with E-state index in [2.05, 4.69) is 29.8 Å². The van der Waals surface area contributed by atoms with Crippen LogP contribution < -0.4 is 20.7 Å². The van der Waals surface area contributed by atoms with Crippen molar-refractivity contribution in [2.24, 2.45) is 5.92 Å². The molecule has 0 heterocycles. The number of hydrogen-bond acceptors (Lipinski definition) is 4. The van der Waals surface area contributed by atoms with E-state index < -0.39 is 11.9 Å². The minimum Gasteiger partial charge on any atom is -0.497 e. The maximum absolute atomic E-state index is 12.1. The van der Waals surface area contributed by atoms with Gasteiger partial charge in [0.25, 0.3) is 0 Å². The second-order valence-electron chi connectivity index (χ2n) is 6.38. The molecule has 0 aromatic heterocycles. The molecule has 0 fully saturated rings. The van der Waals surface area contributed by atoms with Gasteiger partial charge in [0.2, 0.25) is 5.91 Å². The highest BCUT2D eigenvalue weighted by molar-refractivity contribution is 6.30. The molecule has 2 rings (SSSR count). The molecular formula is C20H24ClN3O3. The lowest BCUT2D eigenvalue weighted by Crippen LogP contribution is -2.41. The van der Waals surface area contributed by atoms with E-state index in [1.54, 1.807) is 31.4 Å². The summed E-state index contributed by atoms with van der Waals surface area (Å²) >= 11 is 5.93. The summed E-state index contributed by atoms with van der Waals surface area (Å²) in [5.74, 6) is 0.524.